The smallest absolute Gasteiger partial charge is 0.250 e. The van der Waals surface area contributed by atoms with Gasteiger partial charge in [-0.2, -0.15) is 20.1 Å². The van der Waals surface area contributed by atoms with Crippen LogP contribution in [-0.2, 0) is 0 Å². The van der Waals surface area contributed by atoms with Gasteiger partial charge in [0.05, 0.1) is 6.21 Å². The summed E-state index contributed by atoms with van der Waals surface area (Å²) in [5.41, 5.74) is 6.74. The van der Waals surface area contributed by atoms with E-state index in [-0.39, 0.29) is 0 Å². The number of hydrogen-bond acceptors (Lipinski definition) is 8. The van der Waals surface area contributed by atoms with Crippen molar-refractivity contribution in [3.05, 3.63) is 90.5 Å². The van der Waals surface area contributed by atoms with E-state index >= 15 is 0 Å². The predicted octanol–water partition coefficient (Wildman–Crippen LogP) is 4.87. The van der Waals surface area contributed by atoms with Crippen molar-refractivity contribution in [2.45, 2.75) is 0 Å². The highest BCUT2D eigenvalue weighted by Gasteiger charge is 2.07. The molecular formula is C24H24N8. The zero-order valence-electron chi connectivity index (χ0n) is 17.9. The molecule has 8 heteroatoms. The molecule has 0 aliphatic heterocycles. The number of para-hydroxylation sites is 2. The molecule has 0 unspecified atom stereocenters. The van der Waals surface area contributed by atoms with Crippen LogP contribution in [0, 0.1) is 0 Å². The molecule has 0 atom stereocenters. The molecule has 160 valence electrons. The lowest BCUT2D eigenvalue weighted by Gasteiger charge is -2.11. The monoisotopic (exact) mass is 424 g/mol. The lowest BCUT2D eigenvalue weighted by Crippen LogP contribution is -2.08. The first kappa shape index (κ1) is 20.8. The SMILES string of the molecule is CN(C)c1ccc(C=NNc2nc(Nc3ccccc3)nc(Nc3ccccc3)n2)cc1. The molecular weight excluding hydrogens is 400 g/mol. The summed E-state index contributed by atoms with van der Waals surface area (Å²) < 4.78 is 0. The number of aromatic nitrogens is 3. The second kappa shape index (κ2) is 10.0. The Morgan fingerprint density at radius 2 is 1.16 bits per heavy atom. The van der Waals surface area contributed by atoms with E-state index in [0.29, 0.717) is 17.8 Å². The first-order valence-corrected chi connectivity index (χ1v) is 10.1. The van der Waals surface area contributed by atoms with Gasteiger partial charge in [0.2, 0.25) is 17.8 Å². The third-order valence-electron chi connectivity index (χ3n) is 4.48. The summed E-state index contributed by atoms with van der Waals surface area (Å²) in [6.07, 6.45) is 1.72. The van der Waals surface area contributed by atoms with Crippen LogP contribution in [0.15, 0.2) is 90.0 Å². The average molecular weight is 425 g/mol. The molecule has 32 heavy (non-hydrogen) atoms. The molecule has 4 rings (SSSR count). The molecule has 0 saturated heterocycles. The molecule has 4 aromatic rings. The fourth-order valence-electron chi connectivity index (χ4n) is 2.86. The van der Waals surface area contributed by atoms with Crippen LogP contribution in [0.5, 0.6) is 0 Å². The number of anilines is 6. The topological polar surface area (TPSA) is 90.4 Å². The Kier molecular flexibility index (Phi) is 6.52. The molecule has 1 aromatic heterocycles. The van der Waals surface area contributed by atoms with Gasteiger partial charge in [0.15, 0.2) is 0 Å². The molecule has 0 amide bonds. The highest BCUT2D eigenvalue weighted by atomic mass is 15.4. The van der Waals surface area contributed by atoms with Crippen LogP contribution < -0.4 is 21.0 Å². The zero-order chi connectivity index (χ0) is 22.2. The fraction of sp³-hybridized carbons (Fsp3) is 0.0833. The van der Waals surface area contributed by atoms with Crippen molar-refractivity contribution in [2.75, 3.05) is 35.1 Å². The first-order valence-electron chi connectivity index (χ1n) is 10.1. The molecule has 0 aliphatic rings. The van der Waals surface area contributed by atoms with Gasteiger partial charge in [0, 0.05) is 31.2 Å². The van der Waals surface area contributed by atoms with Gasteiger partial charge in [-0.3, -0.25) is 0 Å². The molecule has 3 aromatic carbocycles. The largest absolute Gasteiger partial charge is 0.378 e. The lowest BCUT2D eigenvalue weighted by molar-refractivity contribution is 1.04. The van der Waals surface area contributed by atoms with E-state index in [1.807, 2.05) is 104 Å². The fourth-order valence-corrected chi connectivity index (χ4v) is 2.86. The normalized spacial score (nSPS) is 10.7. The van der Waals surface area contributed by atoms with Gasteiger partial charge in [-0.05, 0) is 42.0 Å². The molecule has 0 radical (unpaired) electrons. The number of nitrogens with zero attached hydrogens (tertiary/aromatic N) is 5. The average Bonchev–Trinajstić information content (AvgIpc) is 2.81. The first-order chi connectivity index (χ1) is 15.7. The summed E-state index contributed by atoms with van der Waals surface area (Å²) in [4.78, 5) is 15.4. The van der Waals surface area contributed by atoms with Crippen molar-refractivity contribution in [3.63, 3.8) is 0 Å². The Balaban J connectivity index is 1.53. The van der Waals surface area contributed by atoms with E-state index in [9.17, 15) is 0 Å². The predicted molar refractivity (Wildman–Crippen MR) is 131 cm³/mol. The highest BCUT2D eigenvalue weighted by molar-refractivity contribution is 5.80. The van der Waals surface area contributed by atoms with Crippen LogP contribution in [-0.4, -0.2) is 35.3 Å². The number of hydrazone groups is 1. The van der Waals surface area contributed by atoms with Crippen LogP contribution in [0.1, 0.15) is 5.56 Å². The van der Waals surface area contributed by atoms with Crippen LogP contribution in [0.25, 0.3) is 0 Å². The van der Waals surface area contributed by atoms with Crippen LogP contribution in [0.2, 0.25) is 0 Å². The summed E-state index contributed by atoms with van der Waals surface area (Å²) in [6, 6.07) is 27.5. The van der Waals surface area contributed by atoms with Gasteiger partial charge >= 0.3 is 0 Å². The van der Waals surface area contributed by atoms with E-state index in [0.717, 1.165) is 22.6 Å². The second-order valence-electron chi connectivity index (χ2n) is 7.14. The highest BCUT2D eigenvalue weighted by Crippen LogP contribution is 2.18. The second-order valence-corrected chi connectivity index (χ2v) is 7.14. The van der Waals surface area contributed by atoms with E-state index < -0.39 is 0 Å². The Bertz CT molecular complexity index is 1100. The van der Waals surface area contributed by atoms with Crippen molar-refractivity contribution >= 4 is 41.1 Å². The molecule has 3 N–H and O–H groups in total. The van der Waals surface area contributed by atoms with Crippen LogP contribution in [0.3, 0.4) is 0 Å². The summed E-state index contributed by atoms with van der Waals surface area (Å²) in [5, 5.41) is 10.7. The maximum atomic E-state index is 4.48. The van der Waals surface area contributed by atoms with Gasteiger partial charge in [-0.15, -0.1) is 0 Å². The van der Waals surface area contributed by atoms with Gasteiger partial charge < -0.3 is 15.5 Å². The molecule has 8 nitrogen and oxygen atoms in total. The van der Waals surface area contributed by atoms with Crippen molar-refractivity contribution < 1.29 is 0 Å². The molecule has 1 heterocycles. The Morgan fingerprint density at radius 1 is 0.656 bits per heavy atom. The van der Waals surface area contributed by atoms with Crippen LogP contribution >= 0.6 is 0 Å². The van der Waals surface area contributed by atoms with Gasteiger partial charge in [-0.1, -0.05) is 48.5 Å². The van der Waals surface area contributed by atoms with Crippen molar-refractivity contribution in [3.8, 4) is 0 Å². The zero-order valence-corrected chi connectivity index (χ0v) is 17.9. The minimum atomic E-state index is 0.318. The lowest BCUT2D eigenvalue weighted by atomic mass is 10.2. The number of benzene rings is 3. The Labute approximate surface area is 187 Å². The van der Waals surface area contributed by atoms with E-state index in [2.05, 4.69) is 36.1 Å². The molecule has 0 spiro atoms. The van der Waals surface area contributed by atoms with E-state index in [1.54, 1.807) is 6.21 Å². The van der Waals surface area contributed by atoms with Gasteiger partial charge in [0.25, 0.3) is 0 Å². The minimum absolute atomic E-state index is 0.318. The number of rotatable bonds is 8. The molecule has 0 bridgehead atoms. The van der Waals surface area contributed by atoms with Crippen LogP contribution in [0.4, 0.5) is 34.9 Å². The molecule has 0 saturated carbocycles. The summed E-state index contributed by atoms with van der Waals surface area (Å²) in [5.74, 6) is 1.12. The number of hydrogen-bond donors (Lipinski definition) is 3. The minimum Gasteiger partial charge on any atom is -0.378 e. The Morgan fingerprint density at radius 3 is 1.66 bits per heavy atom. The van der Waals surface area contributed by atoms with Gasteiger partial charge in [-0.25, -0.2) is 5.43 Å². The standard InChI is InChI=1S/C24H24N8/c1-32(2)21-15-13-18(14-16-21)17-25-31-24-29-22(26-19-9-5-3-6-10-19)28-23(30-24)27-20-11-7-4-8-12-20/h3-17H,1-2H3,(H3,26,27,28,29,30,31). The third-order valence-corrected chi connectivity index (χ3v) is 4.48. The Hall–Kier alpha value is -4.46. The quantitative estimate of drug-likeness (QED) is 0.275. The molecule has 0 fully saturated rings. The maximum Gasteiger partial charge on any atom is 0.250 e. The summed E-state index contributed by atoms with van der Waals surface area (Å²) in [7, 11) is 4.01. The number of nitrogens with one attached hydrogen (secondary N) is 3. The van der Waals surface area contributed by atoms with E-state index in [1.165, 1.54) is 0 Å². The molecule has 0 aliphatic carbocycles. The third kappa shape index (κ3) is 5.79. The summed E-state index contributed by atoms with van der Waals surface area (Å²) in [6.45, 7) is 0. The summed E-state index contributed by atoms with van der Waals surface area (Å²) >= 11 is 0. The van der Waals surface area contributed by atoms with Crippen molar-refractivity contribution in [2.24, 2.45) is 5.10 Å². The van der Waals surface area contributed by atoms with Crippen molar-refractivity contribution in [1.82, 2.24) is 15.0 Å². The van der Waals surface area contributed by atoms with E-state index in [4.69, 9.17) is 0 Å². The van der Waals surface area contributed by atoms with Crippen molar-refractivity contribution in [1.29, 1.82) is 0 Å². The van der Waals surface area contributed by atoms with Gasteiger partial charge in [0.1, 0.15) is 0 Å². The maximum absolute atomic E-state index is 4.48.